The van der Waals surface area contributed by atoms with Crippen LogP contribution in [-0.2, 0) is 17.4 Å². The van der Waals surface area contributed by atoms with Gasteiger partial charge in [0.15, 0.2) is 0 Å². The first-order valence-electron chi connectivity index (χ1n) is 6.68. The zero-order valence-electron chi connectivity index (χ0n) is 13.0. The van der Waals surface area contributed by atoms with Crippen LogP contribution in [0.1, 0.15) is 0 Å². The molecule has 134 valence electrons. The van der Waals surface area contributed by atoms with Crippen molar-refractivity contribution >= 4 is 58.8 Å². The van der Waals surface area contributed by atoms with Gasteiger partial charge >= 0.3 is 0 Å². The van der Waals surface area contributed by atoms with E-state index in [1.54, 1.807) is 36.4 Å². The maximum atomic E-state index is 8.87. The minimum Gasteiger partial charge on any atom is -0.507 e. The molecule has 0 aromatic heterocycles. The SMILES string of the molecule is Cl.Oc1ccccc1Br.Oc1ccccc1Br.Pc1ccccc1.[Cr]. The van der Waals surface area contributed by atoms with Crippen molar-refractivity contribution in [2.24, 2.45) is 0 Å². The van der Waals surface area contributed by atoms with Gasteiger partial charge in [-0.1, -0.05) is 54.6 Å². The van der Waals surface area contributed by atoms with Crippen LogP contribution in [0.5, 0.6) is 11.5 Å². The number of phenols is 2. The molecule has 0 aliphatic heterocycles. The molecular formula is C18H18Br2ClCrO2P. The van der Waals surface area contributed by atoms with Crippen molar-refractivity contribution in [1.82, 2.24) is 0 Å². The second kappa shape index (κ2) is 15.7. The fourth-order valence-electron chi connectivity index (χ4n) is 1.36. The molecule has 1 unspecified atom stereocenters. The Morgan fingerprint density at radius 3 is 1.12 bits per heavy atom. The van der Waals surface area contributed by atoms with Gasteiger partial charge < -0.3 is 10.2 Å². The van der Waals surface area contributed by atoms with E-state index < -0.39 is 0 Å². The molecule has 2 nitrogen and oxygen atoms in total. The average Bonchev–Trinajstić information content (AvgIpc) is 2.55. The normalized spacial score (nSPS) is 8.28. The van der Waals surface area contributed by atoms with Crippen molar-refractivity contribution in [3.05, 3.63) is 87.8 Å². The number of phenolic OH excluding ortho intramolecular Hbond substituents is 2. The molecule has 0 bridgehead atoms. The summed E-state index contributed by atoms with van der Waals surface area (Å²) in [5.41, 5.74) is 0. The van der Waals surface area contributed by atoms with Crippen LogP contribution in [0, 0.1) is 0 Å². The maximum Gasteiger partial charge on any atom is 0.129 e. The van der Waals surface area contributed by atoms with E-state index >= 15 is 0 Å². The molecule has 0 aliphatic carbocycles. The molecular weight excluding hydrogens is 526 g/mol. The van der Waals surface area contributed by atoms with Crippen molar-refractivity contribution in [2.75, 3.05) is 0 Å². The van der Waals surface area contributed by atoms with Crippen LogP contribution in [0.4, 0.5) is 0 Å². The average molecular weight is 545 g/mol. The monoisotopic (exact) mass is 542 g/mol. The summed E-state index contributed by atoms with van der Waals surface area (Å²) in [6.07, 6.45) is 0. The summed E-state index contributed by atoms with van der Waals surface area (Å²) in [6.45, 7) is 0. The topological polar surface area (TPSA) is 40.5 Å². The molecule has 0 saturated carbocycles. The Kier molecular flexibility index (Phi) is 16.8. The van der Waals surface area contributed by atoms with E-state index in [1.165, 1.54) is 5.30 Å². The van der Waals surface area contributed by atoms with Crippen molar-refractivity contribution in [3.8, 4) is 11.5 Å². The quantitative estimate of drug-likeness (QED) is 0.345. The van der Waals surface area contributed by atoms with Crippen molar-refractivity contribution in [2.45, 2.75) is 0 Å². The number of para-hydroxylation sites is 2. The third-order valence-electron chi connectivity index (χ3n) is 2.50. The molecule has 7 heteroatoms. The number of halogens is 3. The smallest absolute Gasteiger partial charge is 0.129 e. The fraction of sp³-hybridized carbons (Fsp3) is 0. The number of benzene rings is 3. The van der Waals surface area contributed by atoms with Gasteiger partial charge in [-0.15, -0.1) is 21.6 Å². The number of aromatic hydroxyl groups is 2. The summed E-state index contributed by atoms with van der Waals surface area (Å²) >= 11 is 6.29. The van der Waals surface area contributed by atoms with Crippen molar-refractivity contribution in [1.29, 1.82) is 0 Å². The first-order valence-corrected chi connectivity index (χ1v) is 8.84. The number of hydrogen-bond acceptors (Lipinski definition) is 2. The molecule has 0 heterocycles. The summed E-state index contributed by atoms with van der Waals surface area (Å²) in [7, 11) is 2.63. The zero-order chi connectivity index (χ0) is 17.1. The number of hydrogen-bond donors (Lipinski definition) is 2. The molecule has 0 amide bonds. The van der Waals surface area contributed by atoms with E-state index in [0.717, 1.165) is 8.95 Å². The van der Waals surface area contributed by atoms with Gasteiger partial charge in [-0.3, -0.25) is 0 Å². The summed E-state index contributed by atoms with van der Waals surface area (Å²) in [4.78, 5) is 0. The van der Waals surface area contributed by atoms with Crippen LogP contribution in [0.2, 0.25) is 0 Å². The molecule has 3 rings (SSSR count). The minimum atomic E-state index is 0. The summed E-state index contributed by atoms with van der Waals surface area (Å²) in [6, 6.07) is 24.2. The predicted octanol–water partition coefficient (Wildman–Crippen LogP) is 5.92. The minimum absolute atomic E-state index is 0. The van der Waals surface area contributed by atoms with Crippen molar-refractivity contribution in [3.63, 3.8) is 0 Å². The zero-order valence-corrected chi connectivity index (χ0v) is 19.5. The van der Waals surface area contributed by atoms with Gasteiger partial charge in [0.1, 0.15) is 11.5 Å². The third-order valence-corrected chi connectivity index (χ3v) is 4.23. The van der Waals surface area contributed by atoms with Gasteiger partial charge in [-0.05, 0) is 61.4 Å². The number of rotatable bonds is 0. The van der Waals surface area contributed by atoms with E-state index in [2.05, 4.69) is 41.1 Å². The Balaban J connectivity index is 0. The Hall–Kier alpha value is -0.528. The van der Waals surface area contributed by atoms with E-state index in [1.807, 2.05) is 42.5 Å². The largest absolute Gasteiger partial charge is 0.507 e. The molecule has 3 aromatic carbocycles. The van der Waals surface area contributed by atoms with Crippen LogP contribution >= 0.6 is 53.5 Å². The first-order chi connectivity index (χ1) is 11.0. The van der Waals surface area contributed by atoms with Gasteiger partial charge in [0.2, 0.25) is 0 Å². The molecule has 25 heavy (non-hydrogen) atoms. The molecule has 0 aliphatic rings. The van der Waals surface area contributed by atoms with Gasteiger partial charge in [-0.25, -0.2) is 0 Å². The van der Waals surface area contributed by atoms with E-state index in [4.69, 9.17) is 10.2 Å². The second-order valence-corrected chi connectivity index (χ2v) is 6.69. The Labute approximate surface area is 184 Å². The fourth-order valence-corrected chi connectivity index (χ4v) is 2.15. The molecule has 3 aromatic rings. The van der Waals surface area contributed by atoms with Crippen LogP contribution in [0.15, 0.2) is 87.8 Å². The Bertz CT molecular complexity index is 633. The van der Waals surface area contributed by atoms with Crippen LogP contribution in [-0.4, -0.2) is 10.2 Å². The maximum absolute atomic E-state index is 8.87. The molecule has 1 atom stereocenters. The van der Waals surface area contributed by atoms with E-state index in [0.29, 0.717) is 0 Å². The molecule has 2 N–H and O–H groups in total. The Morgan fingerprint density at radius 1 is 0.600 bits per heavy atom. The molecule has 0 saturated heterocycles. The first kappa shape index (κ1) is 26.7. The Morgan fingerprint density at radius 2 is 0.920 bits per heavy atom. The van der Waals surface area contributed by atoms with Gasteiger partial charge in [0.05, 0.1) is 8.95 Å². The second-order valence-electron chi connectivity index (χ2n) is 4.31. The van der Waals surface area contributed by atoms with E-state index in [9.17, 15) is 0 Å². The van der Waals surface area contributed by atoms with Crippen LogP contribution in [0.25, 0.3) is 0 Å². The van der Waals surface area contributed by atoms with Gasteiger partial charge in [-0.2, -0.15) is 0 Å². The molecule has 0 fully saturated rings. The molecule has 0 spiro atoms. The summed E-state index contributed by atoms with van der Waals surface area (Å²) in [5.74, 6) is 0.569. The van der Waals surface area contributed by atoms with Crippen LogP contribution in [0.3, 0.4) is 0 Å². The van der Waals surface area contributed by atoms with Crippen LogP contribution < -0.4 is 5.30 Å². The summed E-state index contributed by atoms with van der Waals surface area (Å²) in [5, 5.41) is 19.0. The van der Waals surface area contributed by atoms with E-state index in [-0.39, 0.29) is 41.3 Å². The van der Waals surface area contributed by atoms with Crippen molar-refractivity contribution < 1.29 is 27.6 Å². The third kappa shape index (κ3) is 12.5. The van der Waals surface area contributed by atoms with Gasteiger partial charge in [0, 0.05) is 17.4 Å². The van der Waals surface area contributed by atoms with Gasteiger partial charge in [0.25, 0.3) is 0 Å². The summed E-state index contributed by atoms with van der Waals surface area (Å²) < 4.78 is 1.47. The predicted molar refractivity (Wildman–Crippen MR) is 115 cm³/mol. The molecule has 0 radical (unpaired) electrons. The standard InChI is InChI=1S/2C6H5BrO.C6H7P.ClH.Cr/c2*7-5-3-1-2-4-6(5)8;7-6-4-2-1-3-5-6;;/h2*1-4,8H;1-5H,7H2;1H;.